The molecule has 3 rings (SSSR count). The molecule has 136 valence electrons. The summed E-state index contributed by atoms with van der Waals surface area (Å²) in [6.45, 7) is 0.530. The summed E-state index contributed by atoms with van der Waals surface area (Å²) in [5, 5.41) is 13.4. The summed E-state index contributed by atoms with van der Waals surface area (Å²) in [5.74, 6) is -2.57. The van der Waals surface area contributed by atoms with Crippen molar-refractivity contribution in [1.82, 2.24) is 5.32 Å². The quantitative estimate of drug-likeness (QED) is 0.812. The first kappa shape index (κ1) is 18.1. The van der Waals surface area contributed by atoms with Crippen molar-refractivity contribution in [2.45, 2.75) is 25.3 Å². The molecule has 1 aliphatic heterocycles. The Hall–Kier alpha value is -2.74. The van der Waals surface area contributed by atoms with Gasteiger partial charge in [0.1, 0.15) is 5.82 Å². The summed E-state index contributed by atoms with van der Waals surface area (Å²) >= 11 is 1.31. The molecular formula is C18H17FN2O4S. The van der Waals surface area contributed by atoms with Gasteiger partial charge in [0.25, 0.3) is 5.91 Å². The van der Waals surface area contributed by atoms with E-state index in [1.807, 2.05) is 0 Å². The molecule has 0 radical (unpaired) electrons. The molecule has 0 bridgehead atoms. The van der Waals surface area contributed by atoms with Crippen LogP contribution in [0.15, 0.2) is 35.7 Å². The van der Waals surface area contributed by atoms with Crippen LogP contribution in [0.5, 0.6) is 0 Å². The van der Waals surface area contributed by atoms with Crippen LogP contribution in [-0.2, 0) is 9.59 Å². The van der Waals surface area contributed by atoms with Gasteiger partial charge in [0.2, 0.25) is 5.91 Å². The van der Waals surface area contributed by atoms with Gasteiger partial charge >= 0.3 is 5.97 Å². The number of carboxylic acid groups (broad SMARTS) is 1. The van der Waals surface area contributed by atoms with Crippen LogP contribution in [0.1, 0.15) is 40.5 Å². The number of hydrogen-bond donors (Lipinski definition) is 2. The van der Waals surface area contributed by atoms with Gasteiger partial charge in [-0.25, -0.2) is 4.39 Å². The number of amides is 2. The topological polar surface area (TPSA) is 86.7 Å². The first-order chi connectivity index (χ1) is 12.5. The number of anilines is 1. The number of carbonyl (C=O) groups excluding carboxylic acids is 2. The predicted octanol–water partition coefficient (Wildman–Crippen LogP) is 2.96. The van der Waals surface area contributed by atoms with Crippen molar-refractivity contribution in [3.05, 3.63) is 52.0 Å². The Labute approximate surface area is 153 Å². The lowest BCUT2D eigenvalue weighted by Gasteiger charge is -2.19. The molecule has 2 amide bonds. The molecule has 6 nitrogen and oxygen atoms in total. The Balaban J connectivity index is 1.84. The molecule has 2 N–H and O–H groups in total. The Morgan fingerprint density at radius 3 is 2.77 bits per heavy atom. The molecule has 1 aromatic heterocycles. The van der Waals surface area contributed by atoms with Crippen LogP contribution in [-0.4, -0.2) is 29.4 Å². The van der Waals surface area contributed by atoms with Crippen LogP contribution < -0.4 is 10.2 Å². The van der Waals surface area contributed by atoms with Crippen molar-refractivity contribution in [2.75, 3.05) is 11.4 Å². The van der Waals surface area contributed by atoms with Gasteiger partial charge in [-0.3, -0.25) is 14.4 Å². The first-order valence-corrected chi connectivity index (χ1v) is 8.99. The fourth-order valence-corrected chi connectivity index (χ4v) is 3.68. The van der Waals surface area contributed by atoms with Crippen LogP contribution >= 0.6 is 11.3 Å². The number of nitrogens with zero attached hydrogens (tertiary/aromatic N) is 1. The Bertz CT molecular complexity index is 838. The third kappa shape index (κ3) is 3.91. The van der Waals surface area contributed by atoms with Crippen molar-refractivity contribution < 1.29 is 23.9 Å². The van der Waals surface area contributed by atoms with Crippen LogP contribution in [0, 0.1) is 5.82 Å². The van der Waals surface area contributed by atoms with Crippen molar-refractivity contribution in [1.29, 1.82) is 0 Å². The Kier molecular flexibility index (Phi) is 5.32. The summed E-state index contributed by atoms with van der Waals surface area (Å²) in [7, 11) is 0. The van der Waals surface area contributed by atoms with E-state index in [1.54, 1.807) is 17.5 Å². The third-order valence-electron chi connectivity index (χ3n) is 4.15. The maximum absolute atomic E-state index is 14.2. The second kappa shape index (κ2) is 7.65. The number of aliphatic carboxylic acids is 1. The van der Waals surface area contributed by atoms with E-state index in [2.05, 4.69) is 5.32 Å². The standard InChI is InChI=1S/C18H17FN2O4S/c19-13-6-5-11(21-7-1-4-16(21)22)9-12(13)18(25)20-14(10-17(23)24)15-3-2-8-26-15/h2-3,5-6,8-9,14H,1,4,7,10H2,(H,20,25)(H,23,24). The average Bonchev–Trinajstić information content (AvgIpc) is 3.26. The smallest absolute Gasteiger partial charge is 0.305 e. The fraction of sp³-hybridized carbons (Fsp3) is 0.278. The lowest BCUT2D eigenvalue weighted by molar-refractivity contribution is -0.137. The SMILES string of the molecule is O=C(O)CC(NC(=O)c1cc(N2CCCC2=O)ccc1F)c1cccs1. The van der Waals surface area contributed by atoms with Gasteiger partial charge in [-0.05, 0) is 36.1 Å². The number of thiophene rings is 1. The van der Waals surface area contributed by atoms with E-state index in [-0.39, 0.29) is 17.9 Å². The van der Waals surface area contributed by atoms with Crippen LogP contribution in [0.25, 0.3) is 0 Å². The maximum Gasteiger partial charge on any atom is 0.305 e. The number of hydrogen-bond acceptors (Lipinski definition) is 4. The number of rotatable bonds is 6. The number of halogens is 1. The third-order valence-corrected chi connectivity index (χ3v) is 5.14. The minimum absolute atomic E-state index is 0.0645. The molecule has 1 atom stereocenters. The first-order valence-electron chi connectivity index (χ1n) is 8.11. The largest absolute Gasteiger partial charge is 0.481 e. The van der Waals surface area contributed by atoms with E-state index in [1.165, 1.54) is 28.4 Å². The lowest BCUT2D eigenvalue weighted by atomic mass is 10.1. The summed E-state index contributed by atoms with van der Waals surface area (Å²) in [6.07, 6.45) is 0.840. The van der Waals surface area contributed by atoms with Crippen molar-refractivity contribution in [2.24, 2.45) is 0 Å². The van der Waals surface area contributed by atoms with Crippen LogP contribution in [0.4, 0.5) is 10.1 Å². The normalized spacial score (nSPS) is 15.1. The zero-order valence-corrected chi connectivity index (χ0v) is 14.6. The summed E-state index contributed by atoms with van der Waals surface area (Å²) < 4.78 is 14.2. The minimum atomic E-state index is -1.07. The molecule has 8 heteroatoms. The second-order valence-corrected chi connectivity index (χ2v) is 6.93. The zero-order valence-electron chi connectivity index (χ0n) is 13.8. The highest BCUT2D eigenvalue weighted by atomic mass is 32.1. The second-order valence-electron chi connectivity index (χ2n) is 5.95. The van der Waals surface area contributed by atoms with E-state index < -0.39 is 23.7 Å². The molecule has 1 aliphatic rings. The molecule has 1 fully saturated rings. The summed E-state index contributed by atoms with van der Waals surface area (Å²) in [6, 6.07) is 6.66. The molecule has 1 unspecified atom stereocenters. The summed E-state index contributed by atoms with van der Waals surface area (Å²) in [5.41, 5.74) is 0.249. The highest BCUT2D eigenvalue weighted by Gasteiger charge is 2.25. The maximum atomic E-state index is 14.2. The molecule has 2 aromatic rings. The summed E-state index contributed by atoms with van der Waals surface area (Å²) in [4.78, 5) is 37.7. The van der Waals surface area contributed by atoms with Gasteiger partial charge in [-0.15, -0.1) is 11.3 Å². The monoisotopic (exact) mass is 376 g/mol. The van der Waals surface area contributed by atoms with Gasteiger partial charge in [0.15, 0.2) is 0 Å². The molecule has 0 saturated carbocycles. The van der Waals surface area contributed by atoms with Crippen molar-refractivity contribution in [3.63, 3.8) is 0 Å². The highest BCUT2D eigenvalue weighted by molar-refractivity contribution is 7.10. The molecule has 1 aromatic carbocycles. The van der Waals surface area contributed by atoms with Crippen LogP contribution in [0.2, 0.25) is 0 Å². The predicted molar refractivity (Wildman–Crippen MR) is 94.8 cm³/mol. The average molecular weight is 376 g/mol. The van der Waals surface area contributed by atoms with Gasteiger partial charge in [-0.2, -0.15) is 0 Å². The van der Waals surface area contributed by atoms with Gasteiger partial charge in [-0.1, -0.05) is 6.07 Å². The molecule has 2 heterocycles. The zero-order chi connectivity index (χ0) is 18.7. The highest BCUT2D eigenvalue weighted by Crippen LogP contribution is 2.26. The number of carboxylic acids is 1. The van der Waals surface area contributed by atoms with Crippen molar-refractivity contribution >= 4 is 34.8 Å². The van der Waals surface area contributed by atoms with Gasteiger partial charge < -0.3 is 15.3 Å². The van der Waals surface area contributed by atoms with Crippen molar-refractivity contribution in [3.8, 4) is 0 Å². The molecule has 0 spiro atoms. The van der Waals surface area contributed by atoms with E-state index in [9.17, 15) is 18.8 Å². The van der Waals surface area contributed by atoms with Gasteiger partial charge in [0.05, 0.1) is 18.0 Å². The molecular weight excluding hydrogens is 359 g/mol. The Morgan fingerprint density at radius 2 is 2.15 bits per heavy atom. The molecule has 1 saturated heterocycles. The molecule has 26 heavy (non-hydrogen) atoms. The molecule has 0 aliphatic carbocycles. The van der Waals surface area contributed by atoms with E-state index in [4.69, 9.17) is 5.11 Å². The van der Waals surface area contributed by atoms with E-state index in [0.717, 1.165) is 12.5 Å². The Morgan fingerprint density at radius 1 is 1.35 bits per heavy atom. The minimum Gasteiger partial charge on any atom is -0.481 e. The van der Waals surface area contributed by atoms with E-state index in [0.29, 0.717) is 23.5 Å². The fourth-order valence-electron chi connectivity index (χ4n) is 2.90. The van der Waals surface area contributed by atoms with Crippen LogP contribution in [0.3, 0.4) is 0 Å². The van der Waals surface area contributed by atoms with E-state index >= 15 is 0 Å². The number of carbonyl (C=O) groups is 3. The number of benzene rings is 1. The number of nitrogens with one attached hydrogen (secondary N) is 1. The lowest BCUT2D eigenvalue weighted by Crippen LogP contribution is -2.31. The van der Waals surface area contributed by atoms with Gasteiger partial charge in [0, 0.05) is 23.5 Å².